The lowest BCUT2D eigenvalue weighted by molar-refractivity contribution is -0.139. The maximum absolute atomic E-state index is 10.6. The van der Waals surface area contributed by atoms with Crippen molar-refractivity contribution in [3.63, 3.8) is 0 Å². The Kier molecular flexibility index (Phi) is 4.48. The SMILES string of the molecule is COc1ccccc1-c1cc(Cl)ccc1OCC(=O)O. The van der Waals surface area contributed by atoms with Crippen LogP contribution < -0.4 is 9.47 Å². The van der Waals surface area contributed by atoms with Crippen molar-refractivity contribution in [2.75, 3.05) is 13.7 Å². The van der Waals surface area contributed by atoms with E-state index in [0.717, 1.165) is 5.56 Å². The number of benzene rings is 2. The number of methoxy groups -OCH3 is 1. The Bertz CT molecular complexity index is 625. The highest BCUT2D eigenvalue weighted by molar-refractivity contribution is 6.31. The summed E-state index contributed by atoms with van der Waals surface area (Å²) in [4.78, 5) is 10.6. The Morgan fingerprint density at radius 1 is 1.15 bits per heavy atom. The topological polar surface area (TPSA) is 55.8 Å². The van der Waals surface area contributed by atoms with E-state index in [1.807, 2.05) is 24.3 Å². The van der Waals surface area contributed by atoms with Crippen LogP contribution in [0.25, 0.3) is 11.1 Å². The average Bonchev–Trinajstić information content (AvgIpc) is 2.45. The molecule has 4 nitrogen and oxygen atoms in total. The van der Waals surface area contributed by atoms with Crippen molar-refractivity contribution in [2.24, 2.45) is 0 Å². The first-order valence-corrected chi connectivity index (χ1v) is 6.27. The molecule has 104 valence electrons. The van der Waals surface area contributed by atoms with Crippen LogP contribution in [-0.4, -0.2) is 24.8 Å². The Labute approximate surface area is 121 Å². The molecule has 2 aromatic carbocycles. The van der Waals surface area contributed by atoms with Crippen molar-refractivity contribution >= 4 is 17.6 Å². The number of carbonyl (C=O) groups is 1. The lowest BCUT2D eigenvalue weighted by atomic mass is 10.0. The van der Waals surface area contributed by atoms with E-state index in [-0.39, 0.29) is 0 Å². The largest absolute Gasteiger partial charge is 0.496 e. The van der Waals surface area contributed by atoms with Crippen molar-refractivity contribution < 1.29 is 19.4 Å². The van der Waals surface area contributed by atoms with Gasteiger partial charge < -0.3 is 14.6 Å². The molecule has 0 saturated heterocycles. The molecule has 2 aromatic rings. The monoisotopic (exact) mass is 292 g/mol. The van der Waals surface area contributed by atoms with Gasteiger partial charge in [-0.05, 0) is 24.3 Å². The van der Waals surface area contributed by atoms with E-state index in [1.54, 1.807) is 25.3 Å². The summed E-state index contributed by atoms with van der Waals surface area (Å²) in [5, 5.41) is 9.25. The van der Waals surface area contributed by atoms with Crippen molar-refractivity contribution in [2.45, 2.75) is 0 Å². The summed E-state index contributed by atoms with van der Waals surface area (Å²) < 4.78 is 10.6. The van der Waals surface area contributed by atoms with E-state index >= 15 is 0 Å². The Morgan fingerprint density at radius 2 is 1.90 bits per heavy atom. The lowest BCUT2D eigenvalue weighted by Gasteiger charge is -2.13. The summed E-state index contributed by atoms with van der Waals surface area (Å²) in [6.07, 6.45) is 0. The average molecular weight is 293 g/mol. The molecule has 5 heteroatoms. The zero-order chi connectivity index (χ0) is 14.5. The summed E-state index contributed by atoms with van der Waals surface area (Å²) in [7, 11) is 1.57. The molecular formula is C15H13ClO4. The summed E-state index contributed by atoms with van der Waals surface area (Å²) in [6.45, 7) is -0.413. The molecule has 0 fully saturated rings. The van der Waals surface area contributed by atoms with Crippen LogP contribution >= 0.6 is 11.6 Å². The highest BCUT2D eigenvalue weighted by atomic mass is 35.5. The number of rotatable bonds is 5. The minimum Gasteiger partial charge on any atom is -0.496 e. The molecule has 0 bridgehead atoms. The van der Waals surface area contributed by atoms with Crippen LogP contribution in [0, 0.1) is 0 Å². The third-order valence-corrected chi connectivity index (χ3v) is 2.92. The number of hydrogen-bond donors (Lipinski definition) is 1. The molecule has 0 unspecified atom stereocenters. The second kappa shape index (κ2) is 6.30. The molecule has 0 saturated carbocycles. The van der Waals surface area contributed by atoms with E-state index in [1.165, 1.54) is 0 Å². The van der Waals surface area contributed by atoms with Crippen molar-refractivity contribution in [3.05, 3.63) is 47.5 Å². The molecule has 0 spiro atoms. The van der Waals surface area contributed by atoms with Crippen LogP contribution in [0.3, 0.4) is 0 Å². The van der Waals surface area contributed by atoms with Crippen molar-refractivity contribution in [3.8, 4) is 22.6 Å². The van der Waals surface area contributed by atoms with Crippen LogP contribution in [0.2, 0.25) is 5.02 Å². The Hall–Kier alpha value is -2.20. The predicted octanol–water partition coefficient (Wildman–Crippen LogP) is 3.48. The number of carboxylic acid groups (broad SMARTS) is 1. The van der Waals surface area contributed by atoms with Crippen molar-refractivity contribution in [1.82, 2.24) is 0 Å². The van der Waals surface area contributed by atoms with Gasteiger partial charge in [-0.25, -0.2) is 4.79 Å². The van der Waals surface area contributed by atoms with Crippen LogP contribution in [0.1, 0.15) is 0 Å². The first-order chi connectivity index (χ1) is 9.61. The van der Waals surface area contributed by atoms with E-state index in [4.69, 9.17) is 26.2 Å². The molecule has 0 aliphatic heterocycles. The fraction of sp³-hybridized carbons (Fsp3) is 0.133. The molecule has 0 radical (unpaired) electrons. The zero-order valence-corrected chi connectivity index (χ0v) is 11.6. The maximum atomic E-state index is 10.6. The van der Waals surface area contributed by atoms with Gasteiger partial charge in [0, 0.05) is 16.1 Å². The lowest BCUT2D eigenvalue weighted by Crippen LogP contribution is -2.10. The third-order valence-electron chi connectivity index (χ3n) is 2.69. The predicted molar refractivity (Wildman–Crippen MR) is 76.6 cm³/mol. The molecule has 1 N–H and O–H groups in total. The Balaban J connectivity index is 2.48. The molecule has 0 atom stereocenters. The normalized spacial score (nSPS) is 10.1. The molecule has 0 aromatic heterocycles. The molecular weight excluding hydrogens is 280 g/mol. The highest BCUT2D eigenvalue weighted by Gasteiger charge is 2.12. The fourth-order valence-corrected chi connectivity index (χ4v) is 2.02. The second-order valence-corrected chi connectivity index (χ2v) is 4.46. The van der Waals surface area contributed by atoms with Gasteiger partial charge in [0.1, 0.15) is 11.5 Å². The fourth-order valence-electron chi connectivity index (χ4n) is 1.85. The van der Waals surface area contributed by atoms with E-state index in [0.29, 0.717) is 22.1 Å². The summed E-state index contributed by atoms with van der Waals surface area (Å²) in [5.41, 5.74) is 1.48. The highest BCUT2D eigenvalue weighted by Crippen LogP contribution is 2.37. The number of ether oxygens (including phenoxy) is 2. The molecule has 0 aliphatic rings. The van der Waals surface area contributed by atoms with E-state index in [9.17, 15) is 4.79 Å². The van der Waals surface area contributed by atoms with Crippen LogP contribution in [0.5, 0.6) is 11.5 Å². The van der Waals surface area contributed by atoms with Gasteiger partial charge in [0.05, 0.1) is 7.11 Å². The zero-order valence-electron chi connectivity index (χ0n) is 10.8. The first-order valence-electron chi connectivity index (χ1n) is 5.89. The number of hydrogen-bond acceptors (Lipinski definition) is 3. The van der Waals surface area contributed by atoms with Gasteiger partial charge in [0.15, 0.2) is 6.61 Å². The minimum absolute atomic E-state index is 0.413. The standard InChI is InChI=1S/C15H13ClO4/c1-19-13-5-3-2-4-11(13)12-8-10(16)6-7-14(12)20-9-15(17)18/h2-8H,9H2,1H3,(H,17,18). The van der Waals surface area contributed by atoms with Gasteiger partial charge in [-0.1, -0.05) is 29.8 Å². The number of halogens is 1. The van der Waals surface area contributed by atoms with E-state index < -0.39 is 12.6 Å². The molecule has 2 rings (SSSR count). The van der Waals surface area contributed by atoms with Crippen LogP contribution in [0.15, 0.2) is 42.5 Å². The molecule has 0 heterocycles. The summed E-state index contributed by atoms with van der Waals surface area (Å²) in [6, 6.07) is 12.4. The van der Waals surface area contributed by atoms with Gasteiger partial charge >= 0.3 is 5.97 Å². The molecule has 0 amide bonds. The minimum atomic E-state index is -1.04. The number of aliphatic carboxylic acids is 1. The van der Waals surface area contributed by atoms with Crippen LogP contribution in [-0.2, 0) is 4.79 Å². The van der Waals surface area contributed by atoms with Gasteiger partial charge in [-0.15, -0.1) is 0 Å². The van der Waals surface area contributed by atoms with Crippen LogP contribution in [0.4, 0.5) is 0 Å². The molecule has 20 heavy (non-hydrogen) atoms. The van der Waals surface area contributed by atoms with Crippen molar-refractivity contribution in [1.29, 1.82) is 0 Å². The Morgan fingerprint density at radius 3 is 2.60 bits per heavy atom. The second-order valence-electron chi connectivity index (χ2n) is 4.02. The smallest absolute Gasteiger partial charge is 0.341 e. The van der Waals surface area contributed by atoms with Gasteiger partial charge in [0.25, 0.3) is 0 Å². The summed E-state index contributed by atoms with van der Waals surface area (Å²) in [5.74, 6) is 0.0715. The quantitative estimate of drug-likeness (QED) is 0.916. The maximum Gasteiger partial charge on any atom is 0.341 e. The van der Waals surface area contributed by atoms with Gasteiger partial charge in [0.2, 0.25) is 0 Å². The number of para-hydroxylation sites is 1. The third kappa shape index (κ3) is 3.22. The van der Waals surface area contributed by atoms with Gasteiger partial charge in [-0.2, -0.15) is 0 Å². The number of carboxylic acids is 1. The summed E-state index contributed by atoms with van der Waals surface area (Å²) >= 11 is 6.01. The first kappa shape index (κ1) is 14.2. The molecule has 0 aliphatic carbocycles. The van der Waals surface area contributed by atoms with E-state index in [2.05, 4.69) is 0 Å². The van der Waals surface area contributed by atoms with Gasteiger partial charge in [-0.3, -0.25) is 0 Å².